The van der Waals surface area contributed by atoms with Crippen LogP contribution in [0.25, 0.3) is 0 Å². The van der Waals surface area contributed by atoms with Crippen molar-refractivity contribution in [1.82, 2.24) is 5.16 Å². The number of hydrogen-bond acceptors (Lipinski definition) is 3. The van der Waals surface area contributed by atoms with E-state index in [4.69, 9.17) is 39.3 Å². The predicted octanol–water partition coefficient (Wildman–Crippen LogP) is 2.24. The van der Waals surface area contributed by atoms with E-state index >= 15 is 0 Å². The van der Waals surface area contributed by atoms with Crippen molar-refractivity contribution in [2.75, 3.05) is 0 Å². The highest BCUT2D eigenvalue weighted by atomic mass is 35.5. The van der Waals surface area contributed by atoms with Gasteiger partial charge < -0.3 is 4.52 Å². The van der Waals surface area contributed by atoms with E-state index in [1.165, 1.54) is 6.07 Å². The molecule has 1 rings (SSSR count). The Kier molecular flexibility index (Phi) is 3.38. The number of carbonyl (C=O) groups excluding carboxylic acids is 1. The minimum atomic E-state index is -0.796. The van der Waals surface area contributed by atoms with Crippen LogP contribution in [0.2, 0.25) is 5.15 Å². The number of hydrogen-bond donors (Lipinski definition) is 0. The minimum Gasteiger partial charge on any atom is -0.360 e. The van der Waals surface area contributed by atoms with E-state index in [0.29, 0.717) is 5.76 Å². The van der Waals surface area contributed by atoms with Crippen molar-refractivity contribution in [2.24, 2.45) is 0 Å². The molecule has 0 aliphatic heterocycles. The van der Waals surface area contributed by atoms with Gasteiger partial charge in [0.2, 0.25) is 5.24 Å². The molecule has 1 unspecified atom stereocenters. The lowest BCUT2D eigenvalue weighted by Gasteiger charge is -1.97. The van der Waals surface area contributed by atoms with Gasteiger partial charge >= 0.3 is 0 Å². The third-order valence-corrected chi connectivity index (χ3v) is 2.06. The zero-order valence-corrected chi connectivity index (χ0v) is 8.03. The van der Waals surface area contributed by atoms with Gasteiger partial charge in [0.15, 0.2) is 5.15 Å². The average molecular weight is 228 g/mol. The van der Waals surface area contributed by atoms with Crippen molar-refractivity contribution in [1.29, 1.82) is 0 Å². The van der Waals surface area contributed by atoms with Gasteiger partial charge in [0, 0.05) is 12.5 Å². The van der Waals surface area contributed by atoms with E-state index in [0.717, 1.165) is 0 Å². The zero-order chi connectivity index (χ0) is 9.14. The van der Waals surface area contributed by atoms with Gasteiger partial charge in [-0.3, -0.25) is 4.79 Å². The van der Waals surface area contributed by atoms with Crippen LogP contribution in [-0.4, -0.2) is 15.8 Å². The molecule has 0 fully saturated rings. The summed E-state index contributed by atoms with van der Waals surface area (Å²) in [6, 6.07) is 1.48. The fraction of sp³-hybridized carbons (Fsp3) is 0.333. The first kappa shape index (κ1) is 9.84. The largest absolute Gasteiger partial charge is 0.360 e. The van der Waals surface area contributed by atoms with Crippen molar-refractivity contribution in [3.05, 3.63) is 17.0 Å². The van der Waals surface area contributed by atoms with Gasteiger partial charge in [0.25, 0.3) is 0 Å². The first-order chi connectivity index (χ1) is 5.59. The third kappa shape index (κ3) is 2.66. The van der Waals surface area contributed by atoms with E-state index in [1.54, 1.807) is 0 Å². The molecule has 3 nitrogen and oxygen atoms in total. The molecule has 0 aromatic carbocycles. The Labute approximate surface area is 83.6 Å². The molecule has 66 valence electrons. The molecule has 6 heteroatoms. The van der Waals surface area contributed by atoms with E-state index in [2.05, 4.69) is 5.16 Å². The van der Waals surface area contributed by atoms with Crippen LogP contribution in [0.5, 0.6) is 0 Å². The van der Waals surface area contributed by atoms with Crippen molar-refractivity contribution >= 4 is 40.0 Å². The highest BCUT2D eigenvalue weighted by Crippen LogP contribution is 2.14. The highest BCUT2D eigenvalue weighted by molar-refractivity contribution is 6.69. The molecule has 0 radical (unpaired) electrons. The number of aromatic nitrogens is 1. The number of nitrogens with zero attached hydrogens (tertiary/aromatic N) is 1. The predicted molar refractivity (Wildman–Crippen MR) is 45.7 cm³/mol. The summed E-state index contributed by atoms with van der Waals surface area (Å²) < 4.78 is 4.71. The Morgan fingerprint density at radius 1 is 1.75 bits per heavy atom. The first-order valence-corrected chi connectivity index (χ1v) is 4.23. The summed E-state index contributed by atoms with van der Waals surface area (Å²) in [5, 5.41) is 2.22. The topological polar surface area (TPSA) is 43.1 Å². The second kappa shape index (κ2) is 4.12. The second-order valence-corrected chi connectivity index (χ2v) is 3.38. The molecule has 0 saturated carbocycles. The number of halogens is 3. The standard InChI is InChI=1S/C6H4Cl3NO2/c7-4(6(9)11)1-3-2-5(8)10-12-3/h2,4H,1H2. The number of carbonyl (C=O) groups is 1. The SMILES string of the molecule is O=C(Cl)C(Cl)Cc1cc(Cl)no1. The van der Waals surface area contributed by atoms with Crippen LogP contribution in [-0.2, 0) is 11.2 Å². The van der Waals surface area contributed by atoms with E-state index < -0.39 is 10.6 Å². The van der Waals surface area contributed by atoms with Crippen molar-refractivity contribution < 1.29 is 9.32 Å². The van der Waals surface area contributed by atoms with E-state index in [9.17, 15) is 4.79 Å². The van der Waals surface area contributed by atoms with Crippen LogP contribution >= 0.6 is 34.8 Å². The lowest BCUT2D eigenvalue weighted by Crippen LogP contribution is -2.10. The molecule has 0 aliphatic carbocycles. The maximum absolute atomic E-state index is 10.5. The van der Waals surface area contributed by atoms with Gasteiger partial charge in [-0.15, -0.1) is 11.6 Å². The first-order valence-electron chi connectivity index (χ1n) is 3.04. The summed E-state index contributed by atoms with van der Waals surface area (Å²) in [6.45, 7) is 0. The van der Waals surface area contributed by atoms with Gasteiger partial charge in [-0.2, -0.15) is 0 Å². The van der Waals surface area contributed by atoms with Crippen LogP contribution in [0.15, 0.2) is 10.6 Å². The van der Waals surface area contributed by atoms with E-state index in [-0.39, 0.29) is 11.6 Å². The lowest BCUT2D eigenvalue weighted by atomic mass is 10.2. The van der Waals surface area contributed by atoms with Gasteiger partial charge in [0.05, 0.1) is 0 Å². The molecule has 1 heterocycles. The Morgan fingerprint density at radius 3 is 2.83 bits per heavy atom. The van der Waals surface area contributed by atoms with E-state index in [1.807, 2.05) is 0 Å². The number of alkyl halides is 1. The highest BCUT2D eigenvalue weighted by Gasteiger charge is 2.15. The fourth-order valence-corrected chi connectivity index (χ4v) is 1.03. The van der Waals surface area contributed by atoms with Crippen LogP contribution < -0.4 is 0 Å². The molecule has 1 aromatic heterocycles. The molecule has 12 heavy (non-hydrogen) atoms. The smallest absolute Gasteiger partial charge is 0.239 e. The van der Waals surface area contributed by atoms with Crippen LogP contribution in [0.3, 0.4) is 0 Å². The number of rotatable bonds is 3. The van der Waals surface area contributed by atoms with Gasteiger partial charge in [-0.1, -0.05) is 16.8 Å². The maximum Gasteiger partial charge on any atom is 0.239 e. The average Bonchev–Trinajstić information content (AvgIpc) is 2.35. The molecule has 1 aromatic rings. The van der Waals surface area contributed by atoms with Crippen LogP contribution in [0.1, 0.15) is 5.76 Å². The molecule has 0 N–H and O–H groups in total. The molecular formula is C6H4Cl3NO2. The van der Waals surface area contributed by atoms with Gasteiger partial charge in [-0.05, 0) is 11.6 Å². The lowest BCUT2D eigenvalue weighted by molar-refractivity contribution is -0.111. The summed E-state index contributed by atoms with van der Waals surface area (Å²) in [6.07, 6.45) is 0.198. The Hall–Kier alpha value is -0.250. The van der Waals surface area contributed by atoms with Crippen molar-refractivity contribution in [3.63, 3.8) is 0 Å². The Bertz CT molecular complexity index is 286. The van der Waals surface area contributed by atoms with Crippen molar-refractivity contribution in [3.8, 4) is 0 Å². The van der Waals surface area contributed by atoms with Gasteiger partial charge in [0.1, 0.15) is 11.1 Å². The summed E-state index contributed by atoms with van der Waals surface area (Å²) in [5.41, 5.74) is 0. The summed E-state index contributed by atoms with van der Waals surface area (Å²) in [5.74, 6) is 0.439. The Morgan fingerprint density at radius 2 is 2.42 bits per heavy atom. The molecule has 0 saturated heterocycles. The molecule has 1 atom stereocenters. The fourth-order valence-electron chi connectivity index (χ4n) is 0.641. The molecular weight excluding hydrogens is 224 g/mol. The second-order valence-electron chi connectivity index (χ2n) is 2.09. The monoisotopic (exact) mass is 227 g/mol. The zero-order valence-electron chi connectivity index (χ0n) is 5.76. The Balaban J connectivity index is 2.58. The summed E-state index contributed by atoms with van der Waals surface area (Å²) in [4.78, 5) is 10.5. The molecule has 0 bridgehead atoms. The third-order valence-electron chi connectivity index (χ3n) is 1.16. The molecule has 0 spiro atoms. The normalized spacial score (nSPS) is 12.9. The van der Waals surface area contributed by atoms with Crippen molar-refractivity contribution in [2.45, 2.75) is 11.8 Å². The van der Waals surface area contributed by atoms with Crippen LogP contribution in [0.4, 0.5) is 0 Å². The maximum atomic E-state index is 10.5. The molecule has 0 amide bonds. The summed E-state index contributed by atoms with van der Waals surface area (Å²) in [7, 11) is 0. The van der Waals surface area contributed by atoms with Crippen LogP contribution in [0, 0.1) is 0 Å². The summed E-state index contributed by atoms with van der Waals surface area (Å²) >= 11 is 16.1. The van der Waals surface area contributed by atoms with Gasteiger partial charge in [-0.25, -0.2) is 0 Å². The molecule has 0 aliphatic rings. The quantitative estimate of drug-likeness (QED) is 0.589. The minimum absolute atomic E-state index is 0.198.